The highest BCUT2D eigenvalue weighted by Crippen LogP contribution is 2.23. The molecular formula is C17H15N3O4S2. The highest BCUT2D eigenvalue weighted by Gasteiger charge is 2.16. The van der Waals surface area contributed by atoms with Crippen LogP contribution in [0.5, 0.6) is 0 Å². The van der Waals surface area contributed by atoms with E-state index in [1.165, 1.54) is 15.9 Å². The van der Waals surface area contributed by atoms with Crippen molar-refractivity contribution in [1.82, 2.24) is 14.9 Å². The second kappa shape index (κ2) is 8.15. The number of carbonyl (C=O) groups is 2. The van der Waals surface area contributed by atoms with Crippen LogP contribution in [0, 0.1) is 0 Å². The van der Waals surface area contributed by atoms with Crippen molar-refractivity contribution in [1.29, 1.82) is 0 Å². The molecule has 2 heterocycles. The lowest BCUT2D eigenvalue weighted by Gasteiger charge is -2.11. The van der Waals surface area contributed by atoms with Crippen molar-refractivity contribution in [2.45, 2.75) is 12.1 Å². The molecule has 0 aliphatic heterocycles. The molecule has 0 fully saturated rings. The summed E-state index contributed by atoms with van der Waals surface area (Å²) in [7, 11) is 0. The number of imide groups is 1. The van der Waals surface area contributed by atoms with Crippen molar-refractivity contribution in [3.05, 3.63) is 52.1 Å². The predicted molar refractivity (Wildman–Crippen MR) is 101 cm³/mol. The Morgan fingerprint density at radius 2 is 2.04 bits per heavy atom. The molecular weight excluding hydrogens is 374 g/mol. The van der Waals surface area contributed by atoms with E-state index in [-0.39, 0.29) is 17.9 Å². The Kier molecular flexibility index (Phi) is 5.69. The van der Waals surface area contributed by atoms with Gasteiger partial charge in [0.1, 0.15) is 4.83 Å². The van der Waals surface area contributed by atoms with Gasteiger partial charge >= 0.3 is 6.09 Å². The van der Waals surface area contributed by atoms with Gasteiger partial charge in [-0.2, -0.15) is 0 Å². The number of hydrogen-bond acceptors (Lipinski definition) is 7. The zero-order valence-electron chi connectivity index (χ0n) is 13.8. The maximum Gasteiger partial charge on any atom is 0.413 e. The van der Waals surface area contributed by atoms with Crippen molar-refractivity contribution in [2.24, 2.45) is 0 Å². The van der Waals surface area contributed by atoms with Crippen LogP contribution in [0.4, 0.5) is 4.79 Å². The second-order valence-corrected chi connectivity index (χ2v) is 6.90. The fourth-order valence-corrected chi connectivity index (χ4v) is 3.86. The zero-order valence-corrected chi connectivity index (χ0v) is 15.4. The number of rotatable bonds is 5. The third-order valence-corrected chi connectivity index (χ3v) is 5.08. The molecule has 0 aliphatic carbocycles. The Balaban J connectivity index is 1.91. The van der Waals surface area contributed by atoms with Gasteiger partial charge in [-0.15, -0.1) is 11.3 Å². The number of alkyl carbamates (subject to hydrolysis) is 1. The van der Waals surface area contributed by atoms with E-state index in [1.807, 2.05) is 18.2 Å². The van der Waals surface area contributed by atoms with Crippen LogP contribution in [0.15, 0.2) is 51.7 Å². The van der Waals surface area contributed by atoms with Crippen molar-refractivity contribution in [3.63, 3.8) is 0 Å². The van der Waals surface area contributed by atoms with E-state index in [0.717, 1.165) is 11.8 Å². The van der Waals surface area contributed by atoms with Gasteiger partial charge in [-0.05, 0) is 30.5 Å². The minimum absolute atomic E-state index is 0.0744. The molecule has 2 aromatic heterocycles. The molecule has 1 N–H and O–H groups in total. The first-order valence-electron chi connectivity index (χ1n) is 7.75. The number of hydrogen-bond donors (Lipinski definition) is 1. The summed E-state index contributed by atoms with van der Waals surface area (Å²) in [5.41, 5.74) is 0.460. The van der Waals surface area contributed by atoms with Crippen molar-refractivity contribution in [2.75, 3.05) is 12.4 Å². The molecule has 0 spiro atoms. The first kappa shape index (κ1) is 18.2. The molecule has 0 atom stereocenters. The number of amides is 2. The van der Waals surface area contributed by atoms with Crippen LogP contribution in [0.2, 0.25) is 0 Å². The number of carbonyl (C=O) groups excluding carboxylic acids is 2. The molecule has 26 heavy (non-hydrogen) atoms. The number of aromatic nitrogens is 2. The van der Waals surface area contributed by atoms with E-state index in [9.17, 15) is 14.4 Å². The molecule has 0 saturated carbocycles. The molecule has 3 aromatic rings. The standard InChI is InChI=1S/C17H15N3O4S2/c1-2-24-17(23)18-13(21)10-26-16-19-14-12(8-9-25-14)15(22)20(16)11-6-4-3-5-7-11/h3-9H,2,10H2,1H3,(H,18,21,23). The van der Waals surface area contributed by atoms with Gasteiger partial charge < -0.3 is 4.74 Å². The van der Waals surface area contributed by atoms with Crippen molar-refractivity contribution < 1.29 is 14.3 Å². The van der Waals surface area contributed by atoms with Crippen LogP contribution in [0.3, 0.4) is 0 Å². The van der Waals surface area contributed by atoms with Gasteiger partial charge in [-0.1, -0.05) is 30.0 Å². The van der Waals surface area contributed by atoms with Gasteiger partial charge in [-0.3, -0.25) is 19.5 Å². The van der Waals surface area contributed by atoms with E-state index < -0.39 is 12.0 Å². The zero-order chi connectivity index (χ0) is 18.5. The average Bonchev–Trinajstić information content (AvgIpc) is 3.10. The molecule has 9 heteroatoms. The van der Waals surface area contributed by atoms with Crippen LogP contribution in [0.1, 0.15) is 6.92 Å². The van der Waals surface area contributed by atoms with Gasteiger partial charge in [0.15, 0.2) is 5.16 Å². The quantitative estimate of drug-likeness (QED) is 0.533. The first-order chi connectivity index (χ1) is 12.6. The molecule has 134 valence electrons. The van der Waals surface area contributed by atoms with Crippen molar-refractivity contribution >= 4 is 45.3 Å². The maximum absolute atomic E-state index is 12.9. The number of ether oxygens (including phenoxy) is 1. The van der Waals surface area contributed by atoms with E-state index in [1.54, 1.807) is 30.5 Å². The third kappa shape index (κ3) is 3.94. The predicted octanol–water partition coefficient (Wildman–Crippen LogP) is 2.81. The number of benzene rings is 1. The Hall–Kier alpha value is -2.65. The highest BCUT2D eigenvalue weighted by atomic mass is 32.2. The molecule has 0 saturated heterocycles. The van der Waals surface area contributed by atoms with Crippen LogP contribution < -0.4 is 10.9 Å². The summed E-state index contributed by atoms with van der Waals surface area (Å²) in [6.07, 6.45) is -0.791. The van der Waals surface area contributed by atoms with Gasteiger partial charge in [0.05, 0.1) is 23.4 Å². The molecule has 2 amide bonds. The molecule has 3 rings (SSSR count). The lowest BCUT2D eigenvalue weighted by Crippen LogP contribution is -2.32. The summed E-state index contributed by atoms with van der Waals surface area (Å²) in [6, 6.07) is 10.8. The molecule has 7 nitrogen and oxygen atoms in total. The fraction of sp³-hybridized carbons (Fsp3) is 0.176. The number of thioether (sulfide) groups is 1. The summed E-state index contributed by atoms with van der Waals surface area (Å²) in [5, 5.41) is 4.84. The number of fused-ring (bicyclic) bond motifs is 1. The number of nitrogens with zero attached hydrogens (tertiary/aromatic N) is 2. The molecule has 0 radical (unpaired) electrons. The summed E-state index contributed by atoms with van der Waals surface area (Å²) < 4.78 is 6.14. The van der Waals surface area contributed by atoms with Crippen LogP contribution >= 0.6 is 23.1 Å². The maximum atomic E-state index is 12.9. The van der Waals surface area contributed by atoms with E-state index in [0.29, 0.717) is 21.1 Å². The Morgan fingerprint density at radius 3 is 2.77 bits per heavy atom. The molecule has 0 aliphatic rings. The SMILES string of the molecule is CCOC(=O)NC(=O)CSc1nc2sccc2c(=O)n1-c1ccccc1. The van der Waals surface area contributed by atoms with E-state index >= 15 is 0 Å². The Morgan fingerprint density at radius 1 is 1.27 bits per heavy atom. The lowest BCUT2D eigenvalue weighted by molar-refractivity contribution is -0.117. The van der Waals surface area contributed by atoms with E-state index in [2.05, 4.69) is 15.0 Å². The third-order valence-electron chi connectivity index (χ3n) is 3.33. The van der Waals surface area contributed by atoms with Gasteiger partial charge in [0.2, 0.25) is 5.91 Å². The second-order valence-electron chi connectivity index (χ2n) is 5.07. The molecule has 0 unspecified atom stereocenters. The van der Waals surface area contributed by atoms with E-state index in [4.69, 9.17) is 0 Å². The van der Waals surface area contributed by atoms with Crippen LogP contribution in [-0.2, 0) is 9.53 Å². The minimum Gasteiger partial charge on any atom is -0.450 e. The summed E-state index contributed by atoms with van der Waals surface area (Å²) >= 11 is 2.44. The Bertz CT molecular complexity index is 998. The molecule has 0 bridgehead atoms. The topological polar surface area (TPSA) is 90.3 Å². The Labute approximate surface area is 157 Å². The van der Waals surface area contributed by atoms with Crippen molar-refractivity contribution in [3.8, 4) is 5.69 Å². The fourth-order valence-electron chi connectivity index (χ4n) is 2.24. The monoisotopic (exact) mass is 389 g/mol. The summed E-state index contributed by atoms with van der Waals surface area (Å²) in [5.74, 6) is -0.594. The number of nitrogens with one attached hydrogen (secondary N) is 1. The first-order valence-corrected chi connectivity index (χ1v) is 9.61. The highest BCUT2D eigenvalue weighted by molar-refractivity contribution is 7.99. The number of thiophene rings is 1. The smallest absolute Gasteiger partial charge is 0.413 e. The average molecular weight is 389 g/mol. The summed E-state index contributed by atoms with van der Waals surface area (Å²) in [6.45, 7) is 1.83. The summed E-state index contributed by atoms with van der Waals surface area (Å²) in [4.78, 5) is 41.2. The number of para-hydroxylation sites is 1. The largest absolute Gasteiger partial charge is 0.450 e. The van der Waals surface area contributed by atoms with Gasteiger partial charge in [-0.25, -0.2) is 9.78 Å². The minimum atomic E-state index is -0.791. The normalized spacial score (nSPS) is 10.7. The molecule has 1 aromatic carbocycles. The lowest BCUT2D eigenvalue weighted by atomic mass is 10.3. The van der Waals surface area contributed by atoms with Crippen LogP contribution in [-0.4, -0.2) is 33.9 Å². The van der Waals surface area contributed by atoms with Crippen LogP contribution in [0.25, 0.3) is 15.9 Å². The van der Waals surface area contributed by atoms with Gasteiger partial charge in [0.25, 0.3) is 5.56 Å². The van der Waals surface area contributed by atoms with Gasteiger partial charge in [0, 0.05) is 0 Å².